The molecule has 3 rings (SSSR count). The van der Waals surface area contributed by atoms with E-state index in [1.165, 1.54) is 19.3 Å². The van der Waals surface area contributed by atoms with Crippen LogP contribution in [0.4, 0.5) is 0 Å². The summed E-state index contributed by atoms with van der Waals surface area (Å²) in [6.45, 7) is 8.31. The summed E-state index contributed by atoms with van der Waals surface area (Å²) in [7, 11) is 0. The molecule has 4 heteroatoms. The van der Waals surface area contributed by atoms with Gasteiger partial charge in [-0.25, -0.2) is 0 Å². The highest BCUT2D eigenvalue weighted by Gasteiger charge is 2.46. The first kappa shape index (κ1) is 15.7. The first-order valence-electron chi connectivity index (χ1n) is 8.80. The molecule has 2 aliphatic heterocycles. The number of hydrogen-bond donors (Lipinski definition) is 1. The third kappa shape index (κ3) is 3.44. The zero-order valence-electron chi connectivity index (χ0n) is 13.6. The maximum absolute atomic E-state index is 10.5. The molecule has 122 valence electrons. The first-order chi connectivity index (χ1) is 10.1. The zero-order chi connectivity index (χ0) is 14.9. The van der Waals surface area contributed by atoms with E-state index in [-0.39, 0.29) is 12.1 Å². The number of rotatable bonds is 2. The molecular formula is C17H31NO3. The maximum atomic E-state index is 10.5. The van der Waals surface area contributed by atoms with Crippen molar-refractivity contribution in [2.24, 2.45) is 11.8 Å². The molecule has 1 spiro atoms. The molecule has 1 aliphatic carbocycles. The second-order valence-electron chi connectivity index (χ2n) is 7.46. The van der Waals surface area contributed by atoms with Gasteiger partial charge in [-0.2, -0.15) is 0 Å². The van der Waals surface area contributed by atoms with Crippen molar-refractivity contribution in [3.8, 4) is 0 Å². The van der Waals surface area contributed by atoms with Crippen LogP contribution in [0.15, 0.2) is 0 Å². The molecule has 0 radical (unpaired) electrons. The number of nitrogens with zero attached hydrogens (tertiary/aromatic N) is 1. The van der Waals surface area contributed by atoms with Crippen LogP contribution in [0.2, 0.25) is 0 Å². The van der Waals surface area contributed by atoms with E-state index < -0.39 is 5.79 Å². The first-order valence-corrected chi connectivity index (χ1v) is 8.80. The fourth-order valence-corrected chi connectivity index (χ4v) is 4.39. The third-order valence-electron chi connectivity index (χ3n) is 5.82. The van der Waals surface area contributed by atoms with Crippen LogP contribution in [-0.4, -0.2) is 54.2 Å². The molecule has 0 aromatic rings. The molecule has 2 saturated heterocycles. The van der Waals surface area contributed by atoms with Crippen molar-refractivity contribution < 1.29 is 14.6 Å². The van der Waals surface area contributed by atoms with Crippen LogP contribution in [0.1, 0.15) is 52.4 Å². The van der Waals surface area contributed by atoms with Crippen LogP contribution in [0.3, 0.4) is 0 Å². The predicted octanol–water partition coefficient (Wildman–Crippen LogP) is 2.40. The highest BCUT2D eigenvalue weighted by atomic mass is 16.7. The van der Waals surface area contributed by atoms with Crippen molar-refractivity contribution in [3.63, 3.8) is 0 Å². The van der Waals surface area contributed by atoms with Crippen molar-refractivity contribution >= 4 is 0 Å². The Morgan fingerprint density at radius 3 is 2.57 bits per heavy atom. The minimum Gasteiger partial charge on any atom is -0.391 e. The topological polar surface area (TPSA) is 41.9 Å². The average molecular weight is 297 g/mol. The summed E-state index contributed by atoms with van der Waals surface area (Å²) < 4.78 is 11.8. The van der Waals surface area contributed by atoms with E-state index >= 15 is 0 Å². The third-order valence-corrected chi connectivity index (χ3v) is 5.82. The quantitative estimate of drug-likeness (QED) is 0.850. The Labute approximate surface area is 128 Å². The molecule has 1 N–H and O–H groups in total. The van der Waals surface area contributed by atoms with Crippen molar-refractivity contribution in [2.45, 2.75) is 70.3 Å². The number of ether oxygens (including phenoxy) is 2. The summed E-state index contributed by atoms with van der Waals surface area (Å²) in [6.07, 6.45) is 6.09. The monoisotopic (exact) mass is 297 g/mol. The Morgan fingerprint density at radius 2 is 1.86 bits per heavy atom. The molecule has 3 aliphatic rings. The van der Waals surface area contributed by atoms with Gasteiger partial charge in [-0.05, 0) is 50.6 Å². The molecule has 2 heterocycles. The summed E-state index contributed by atoms with van der Waals surface area (Å²) in [4.78, 5) is 2.51. The Hall–Kier alpha value is -0.160. The Kier molecular flexibility index (Phi) is 4.89. The normalized spacial score (nSPS) is 38.0. The summed E-state index contributed by atoms with van der Waals surface area (Å²) in [6, 6.07) is 0.211. The van der Waals surface area contributed by atoms with Crippen LogP contribution in [0.25, 0.3) is 0 Å². The molecule has 1 saturated carbocycles. The molecule has 0 aromatic carbocycles. The second-order valence-corrected chi connectivity index (χ2v) is 7.46. The Morgan fingerprint density at radius 1 is 1.10 bits per heavy atom. The molecule has 3 unspecified atom stereocenters. The van der Waals surface area contributed by atoms with Crippen LogP contribution in [-0.2, 0) is 9.47 Å². The standard InChI is InChI=1S/C17H31NO3/c1-13(2)14-4-3-8-18(9-6-14)15-12-17(7-5-16(15)19)20-10-11-21-17/h13-16,19H,3-12H2,1-2H3. The highest BCUT2D eigenvalue weighted by Crippen LogP contribution is 2.39. The maximum Gasteiger partial charge on any atom is 0.170 e. The van der Waals surface area contributed by atoms with Gasteiger partial charge in [-0.1, -0.05) is 13.8 Å². The van der Waals surface area contributed by atoms with Crippen molar-refractivity contribution in [1.29, 1.82) is 0 Å². The molecule has 21 heavy (non-hydrogen) atoms. The van der Waals surface area contributed by atoms with E-state index in [1.807, 2.05) is 0 Å². The van der Waals surface area contributed by atoms with Gasteiger partial charge in [0.05, 0.1) is 19.3 Å². The van der Waals surface area contributed by atoms with E-state index in [0.29, 0.717) is 13.2 Å². The van der Waals surface area contributed by atoms with Gasteiger partial charge in [0.25, 0.3) is 0 Å². The number of aliphatic hydroxyl groups is 1. The van der Waals surface area contributed by atoms with E-state index in [2.05, 4.69) is 18.7 Å². The van der Waals surface area contributed by atoms with E-state index in [0.717, 1.165) is 44.2 Å². The van der Waals surface area contributed by atoms with Crippen molar-refractivity contribution in [2.75, 3.05) is 26.3 Å². The molecular weight excluding hydrogens is 266 g/mol. The highest BCUT2D eigenvalue weighted by molar-refractivity contribution is 4.94. The average Bonchev–Trinajstić information content (AvgIpc) is 2.76. The summed E-state index contributed by atoms with van der Waals surface area (Å²) >= 11 is 0. The summed E-state index contributed by atoms with van der Waals surface area (Å²) in [5, 5.41) is 10.5. The second kappa shape index (κ2) is 6.53. The molecule has 0 amide bonds. The van der Waals surface area contributed by atoms with E-state index in [4.69, 9.17) is 9.47 Å². The summed E-state index contributed by atoms with van der Waals surface area (Å²) in [5.74, 6) is 1.21. The molecule has 3 atom stereocenters. The minimum atomic E-state index is -0.395. The Balaban J connectivity index is 1.64. The van der Waals surface area contributed by atoms with Gasteiger partial charge in [-0.15, -0.1) is 0 Å². The lowest BCUT2D eigenvalue weighted by Gasteiger charge is -2.44. The van der Waals surface area contributed by atoms with Gasteiger partial charge in [0.1, 0.15) is 0 Å². The Bertz CT molecular complexity index is 341. The number of likely N-dealkylation sites (tertiary alicyclic amines) is 1. The van der Waals surface area contributed by atoms with E-state index in [1.54, 1.807) is 0 Å². The van der Waals surface area contributed by atoms with Crippen molar-refractivity contribution in [1.82, 2.24) is 4.90 Å². The fourth-order valence-electron chi connectivity index (χ4n) is 4.39. The van der Waals surface area contributed by atoms with Crippen LogP contribution < -0.4 is 0 Å². The van der Waals surface area contributed by atoms with Gasteiger partial charge < -0.3 is 14.6 Å². The molecule has 0 aromatic heterocycles. The fraction of sp³-hybridized carbons (Fsp3) is 1.00. The predicted molar refractivity (Wildman–Crippen MR) is 82.0 cm³/mol. The minimum absolute atomic E-state index is 0.211. The van der Waals surface area contributed by atoms with Crippen LogP contribution in [0, 0.1) is 11.8 Å². The number of aliphatic hydroxyl groups excluding tert-OH is 1. The zero-order valence-corrected chi connectivity index (χ0v) is 13.6. The van der Waals surface area contributed by atoms with Gasteiger partial charge in [0, 0.05) is 18.9 Å². The van der Waals surface area contributed by atoms with Gasteiger partial charge in [0.2, 0.25) is 0 Å². The van der Waals surface area contributed by atoms with Gasteiger partial charge >= 0.3 is 0 Å². The lowest BCUT2D eigenvalue weighted by atomic mass is 9.86. The van der Waals surface area contributed by atoms with Crippen LogP contribution in [0.5, 0.6) is 0 Å². The van der Waals surface area contributed by atoms with Gasteiger partial charge in [-0.3, -0.25) is 4.90 Å². The number of hydrogen-bond acceptors (Lipinski definition) is 4. The molecule has 4 nitrogen and oxygen atoms in total. The smallest absolute Gasteiger partial charge is 0.170 e. The van der Waals surface area contributed by atoms with Crippen LogP contribution >= 0.6 is 0 Å². The van der Waals surface area contributed by atoms with Crippen molar-refractivity contribution in [3.05, 3.63) is 0 Å². The lowest BCUT2D eigenvalue weighted by Crippen LogP contribution is -2.53. The SMILES string of the molecule is CC(C)C1CCCN(C2CC3(CCC2O)OCCO3)CC1. The summed E-state index contributed by atoms with van der Waals surface area (Å²) in [5.41, 5.74) is 0. The van der Waals surface area contributed by atoms with E-state index in [9.17, 15) is 5.11 Å². The largest absolute Gasteiger partial charge is 0.391 e. The molecule has 0 bridgehead atoms. The lowest BCUT2D eigenvalue weighted by molar-refractivity contribution is -0.205. The van der Waals surface area contributed by atoms with Gasteiger partial charge in [0.15, 0.2) is 5.79 Å². The molecule has 3 fully saturated rings.